The number of phenolic OH excluding ortho intramolecular Hbond substituents is 1. The van der Waals surface area contributed by atoms with Crippen molar-refractivity contribution in [2.24, 2.45) is 0 Å². The lowest BCUT2D eigenvalue weighted by molar-refractivity contribution is 0.0692. The predicted molar refractivity (Wildman–Crippen MR) is 112 cm³/mol. The highest BCUT2D eigenvalue weighted by molar-refractivity contribution is 9.10. The van der Waals surface area contributed by atoms with Crippen molar-refractivity contribution < 1.29 is 28.5 Å². The van der Waals surface area contributed by atoms with Crippen LogP contribution in [0.5, 0.6) is 11.5 Å². The number of carboxylic acids is 1. The van der Waals surface area contributed by atoms with E-state index in [2.05, 4.69) is 15.9 Å². The number of rotatable bonds is 5. The number of hydrogen-bond acceptors (Lipinski definition) is 5. The molecule has 0 aliphatic heterocycles. The first kappa shape index (κ1) is 20.9. The van der Waals surface area contributed by atoms with Crippen molar-refractivity contribution in [1.82, 2.24) is 0 Å². The summed E-state index contributed by atoms with van der Waals surface area (Å²) in [6, 6.07) is 14.4. The number of carbonyl (C=O) groups is 1. The van der Waals surface area contributed by atoms with Crippen LogP contribution in [-0.2, 0) is 15.6 Å². The van der Waals surface area contributed by atoms with E-state index >= 15 is 0 Å². The molecule has 0 aliphatic rings. The van der Waals surface area contributed by atoms with Gasteiger partial charge in [0.15, 0.2) is 9.84 Å². The SMILES string of the molecule is Cc1c(-c2ccccc2)cc(CS(=O)(=O)c2cc(Br)ccc2O)c(O)c1C(=O)O. The third-order valence-corrected chi connectivity index (χ3v) is 6.72. The fraction of sp³-hybridized carbons (Fsp3) is 0.0952. The Hall–Kier alpha value is -2.84. The van der Waals surface area contributed by atoms with E-state index in [1.807, 2.05) is 0 Å². The zero-order valence-corrected chi connectivity index (χ0v) is 17.7. The molecule has 0 unspecified atom stereocenters. The van der Waals surface area contributed by atoms with E-state index in [1.54, 1.807) is 37.3 Å². The van der Waals surface area contributed by atoms with Crippen LogP contribution in [0.25, 0.3) is 11.1 Å². The van der Waals surface area contributed by atoms with Gasteiger partial charge in [-0.1, -0.05) is 46.3 Å². The lowest BCUT2D eigenvalue weighted by atomic mass is 9.93. The molecule has 150 valence electrons. The number of aromatic hydroxyl groups is 2. The smallest absolute Gasteiger partial charge is 0.339 e. The van der Waals surface area contributed by atoms with Crippen LogP contribution in [-0.4, -0.2) is 29.7 Å². The summed E-state index contributed by atoms with van der Waals surface area (Å²) in [6.45, 7) is 1.56. The largest absolute Gasteiger partial charge is 0.507 e. The molecule has 0 atom stereocenters. The van der Waals surface area contributed by atoms with Crippen LogP contribution in [0.3, 0.4) is 0 Å². The maximum atomic E-state index is 12.9. The Morgan fingerprint density at radius 2 is 1.69 bits per heavy atom. The molecule has 0 spiro atoms. The first-order valence-electron chi connectivity index (χ1n) is 8.47. The summed E-state index contributed by atoms with van der Waals surface area (Å²) in [5, 5.41) is 30.1. The van der Waals surface area contributed by atoms with Gasteiger partial charge in [0.2, 0.25) is 0 Å². The van der Waals surface area contributed by atoms with Gasteiger partial charge in [-0.25, -0.2) is 13.2 Å². The number of sulfone groups is 1. The molecule has 0 aromatic heterocycles. The Labute approximate surface area is 176 Å². The van der Waals surface area contributed by atoms with Gasteiger partial charge >= 0.3 is 5.97 Å². The molecular formula is C21H17BrO6S. The minimum absolute atomic E-state index is 0.0637. The summed E-state index contributed by atoms with van der Waals surface area (Å²) in [5.41, 5.74) is 1.11. The maximum Gasteiger partial charge on any atom is 0.339 e. The molecule has 3 N–H and O–H groups in total. The number of halogens is 1. The van der Waals surface area contributed by atoms with Crippen LogP contribution in [0.2, 0.25) is 0 Å². The van der Waals surface area contributed by atoms with Gasteiger partial charge in [-0.15, -0.1) is 0 Å². The molecule has 0 radical (unpaired) electrons. The van der Waals surface area contributed by atoms with Crippen LogP contribution in [0.15, 0.2) is 64.0 Å². The van der Waals surface area contributed by atoms with E-state index in [-0.39, 0.29) is 16.0 Å². The first-order chi connectivity index (χ1) is 13.6. The van der Waals surface area contributed by atoms with Crippen LogP contribution in [0.1, 0.15) is 21.5 Å². The fourth-order valence-corrected chi connectivity index (χ4v) is 5.12. The fourth-order valence-electron chi connectivity index (χ4n) is 3.13. The Bertz CT molecular complexity index is 1200. The van der Waals surface area contributed by atoms with Crippen LogP contribution < -0.4 is 0 Å². The van der Waals surface area contributed by atoms with Crippen LogP contribution in [0.4, 0.5) is 0 Å². The number of hydrogen-bond donors (Lipinski definition) is 3. The van der Waals surface area contributed by atoms with Crippen LogP contribution >= 0.6 is 15.9 Å². The Kier molecular flexibility index (Phi) is 5.68. The average molecular weight is 477 g/mol. The van der Waals surface area contributed by atoms with Crippen molar-refractivity contribution >= 4 is 31.7 Å². The molecule has 0 amide bonds. The molecule has 0 fully saturated rings. The zero-order chi connectivity index (χ0) is 21.3. The molecule has 0 heterocycles. The lowest BCUT2D eigenvalue weighted by Gasteiger charge is -2.16. The van der Waals surface area contributed by atoms with Crippen molar-refractivity contribution in [3.8, 4) is 22.6 Å². The van der Waals surface area contributed by atoms with E-state index in [9.17, 15) is 28.5 Å². The Morgan fingerprint density at radius 1 is 1.03 bits per heavy atom. The van der Waals surface area contributed by atoms with Crippen molar-refractivity contribution in [2.75, 3.05) is 0 Å². The second kappa shape index (κ2) is 7.88. The third kappa shape index (κ3) is 4.13. The molecule has 3 rings (SSSR count). The Balaban J connectivity index is 2.20. The van der Waals surface area contributed by atoms with Gasteiger partial charge in [-0.2, -0.15) is 0 Å². The van der Waals surface area contributed by atoms with E-state index in [0.29, 0.717) is 21.2 Å². The average Bonchev–Trinajstić information content (AvgIpc) is 2.66. The van der Waals surface area contributed by atoms with Crippen molar-refractivity contribution in [3.05, 3.63) is 75.8 Å². The number of carboxylic acid groups (broad SMARTS) is 1. The molecule has 3 aromatic carbocycles. The summed E-state index contributed by atoms with van der Waals surface area (Å²) in [4.78, 5) is 11.4. The predicted octanol–water partition coefficient (Wildman–Crippen LogP) is 4.51. The molecule has 3 aromatic rings. The summed E-state index contributed by atoms with van der Waals surface area (Å²) in [6.07, 6.45) is 0. The summed E-state index contributed by atoms with van der Waals surface area (Å²) in [7, 11) is -4.08. The van der Waals surface area contributed by atoms with Crippen LogP contribution in [0, 0.1) is 6.92 Å². The summed E-state index contributed by atoms with van der Waals surface area (Å²) in [5.74, 6) is -3.07. The maximum absolute atomic E-state index is 12.9. The van der Waals surface area contributed by atoms with Crippen molar-refractivity contribution in [3.63, 3.8) is 0 Å². The topological polar surface area (TPSA) is 112 Å². The first-order valence-corrected chi connectivity index (χ1v) is 10.9. The monoisotopic (exact) mass is 476 g/mol. The molecule has 0 bridgehead atoms. The van der Waals surface area contributed by atoms with Gasteiger partial charge in [0.25, 0.3) is 0 Å². The quantitative estimate of drug-likeness (QED) is 0.499. The molecule has 8 heteroatoms. The number of phenols is 2. The van der Waals surface area contributed by atoms with Crippen molar-refractivity contribution in [2.45, 2.75) is 17.6 Å². The molecule has 29 heavy (non-hydrogen) atoms. The number of aromatic carboxylic acids is 1. The van der Waals surface area contributed by atoms with Gasteiger partial charge in [0, 0.05) is 10.0 Å². The highest BCUT2D eigenvalue weighted by Gasteiger charge is 2.26. The van der Waals surface area contributed by atoms with E-state index < -0.39 is 33.1 Å². The third-order valence-electron chi connectivity index (χ3n) is 4.54. The van der Waals surface area contributed by atoms with Gasteiger partial charge in [0.05, 0.1) is 5.75 Å². The van der Waals surface area contributed by atoms with E-state index in [1.165, 1.54) is 24.3 Å². The minimum Gasteiger partial charge on any atom is -0.507 e. The summed E-state index contributed by atoms with van der Waals surface area (Å²) < 4.78 is 26.3. The molecular weight excluding hydrogens is 460 g/mol. The highest BCUT2D eigenvalue weighted by Crippen LogP contribution is 2.37. The molecule has 0 saturated heterocycles. The van der Waals surface area contributed by atoms with Gasteiger partial charge < -0.3 is 15.3 Å². The Morgan fingerprint density at radius 3 is 2.31 bits per heavy atom. The van der Waals surface area contributed by atoms with Gasteiger partial charge in [-0.3, -0.25) is 0 Å². The molecule has 0 saturated carbocycles. The van der Waals surface area contributed by atoms with Gasteiger partial charge in [-0.05, 0) is 47.9 Å². The van der Waals surface area contributed by atoms with E-state index in [4.69, 9.17) is 0 Å². The highest BCUT2D eigenvalue weighted by atomic mass is 79.9. The zero-order valence-electron chi connectivity index (χ0n) is 15.3. The molecule has 0 aliphatic carbocycles. The van der Waals surface area contributed by atoms with Gasteiger partial charge in [0.1, 0.15) is 22.0 Å². The summed E-state index contributed by atoms with van der Waals surface area (Å²) >= 11 is 3.17. The standard InChI is InChI=1S/C21H17BrO6S/c1-12-16(13-5-3-2-4-6-13)9-14(20(24)19(12)21(25)26)11-29(27,28)18-10-15(22)7-8-17(18)23/h2-10,23-24H,11H2,1H3,(H,25,26). The number of benzene rings is 3. The van der Waals surface area contributed by atoms with Crippen molar-refractivity contribution in [1.29, 1.82) is 0 Å². The lowest BCUT2D eigenvalue weighted by Crippen LogP contribution is -2.09. The van der Waals surface area contributed by atoms with E-state index in [0.717, 1.165) is 0 Å². The second-order valence-corrected chi connectivity index (χ2v) is 9.35. The minimum atomic E-state index is -4.08. The second-order valence-electron chi connectivity index (χ2n) is 6.47. The normalized spacial score (nSPS) is 11.4. The molecule has 6 nitrogen and oxygen atoms in total.